The Labute approximate surface area is 239 Å². The lowest BCUT2D eigenvalue weighted by Crippen LogP contribution is -2.47. The Hall–Kier alpha value is 0.420. The third-order valence-corrected chi connectivity index (χ3v) is 11.7. The summed E-state index contributed by atoms with van der Waals surface area (Å²) >= 11 is 40.0. The lowest BCUT2D eigenvalue weighted by molar-refractivity contribution is -0.162. The van der Waals surface area contributed by atoms with E-state index in [1.54, 1.807) is 0 Å². The lowest BCUT2D eigenvalue weighted by atomic mass is 9.81. The molecule has 0 aromatic carbocycles. The number of unbranched alkanes of at least 4 members (excludes halogenated alkanes) is 2. The Morgan fingerprint density at radius 2 is 1.09 bits per heavy atom. The molecule has 1 fully saturated rings. The molecule has 202 valence electrons. The van der Waals surface area contributed by atoms with Crippen molar-refractivity contribution in [3.05, 3.63) is 10.1 Å². The maximum Gasteiger partial charge on any atom is 0.312 e. The Morgan fingerprint density at radius 3 is 1.37 bits per heavy atom. The number of carbonyl (C=O) groups is 2. The summed E-state index contributed by atoms with van der Waals surface area (Å²) in [4.78, 5) is 23.0. The topological polar surface area (TPSA) is 52.6 Å². The molecule has 10 heteroatoms. The number of carbonyl (C=O) groups excluding carboxylic acids is 2. The summed E-state index contributed by atoms with van der Waals surface area (Å²) in [5.41, 5.74) is 0. The smallest absolute Gasteiger partial charge is 0.312 e. The van der Waals surface area contributed by atoms with Gasteiger partial charge in [0.15, 0.2) is 4.33 Å². The van der Waals surface area contributed by atoms with Gasteiger partial charge in [-0.2, -0.15) is 0 Å². The molecule has 0 unspecified atom stereocenters. The number of fused-ring (bicyclic) bond motifs is 2. The zero-order valence-electron chi connectivity index (χ0n) is 20.8. The fourth-order valence-corrected chi connectivity index (χ4v) is 7.88. The van der Waals surface area contributed by atoms with Crippen molar-refractivity contribution < 1.29 is 19.1 Å². The largest absolute Gasteiger partial charge is 0.465 e. The maximum atomic E-state index is 13.5. The first kappa shape index (κ1) is 31.6. The van der Waals surface area contributed by atoms with E-state index in [-0.39, 0.29) is 35.1 Å². The molecular formula is C25H36Cl6O4. The molecule has 0 aliphatic heterocycles. The van der Waals surface area contributed by atoms with Gasteiger partial charge in [-0.25, -0.2) is 0 Å². The minimum absolute atomic E-state index is 0.153. The van der Waals surface area contributed by atoms with Gasteiger partial charge in [0.25, 0.3) is 0 Å². The normalized spacial score (nSPS) is 30.9. The number of ether oxygens (including phenoxy) is 2. The molecule has 6 atom stereocenters. The van der Waals surface area contributed by atoms with E-state index in [0.29, 0.717) is 0 Å². The average Bonchev–Trinajstić information content (AvgIpc) is 3.04. The van der Waals surface area contributed by atoms with Crippen LogP contribution in [-0.4, -0.2) is 39.2 Å². The second-order valence-corrected chi connectivity index (χ2v) is 12.9. The number of rotatable bonds is 14. The van der Waals surface area contributed by atoms with Crippen LogP contribution in [0.15, 0.2) is 10.1 Å². The van der Waals surface area contributed by atoms with Gasteiger partial charge in [0.2, 0.25) is 0 Å². The molecule has 0 amide bonds. The first-order valence-electron chi connectivity index (χ1n) is 12.5. The van der Waals surface area contributed by atoms with E-state index in [0.717, 1.165) is 51.4 Å². The molecule has 0 saturated heterocycles. The van der Waals surface area contributed by atoms with Crippen molar-refractivity contribution in [3.8, 4) is 0 Å². The Morgan fingerprint density at radius 1 is 0.743 bits per heavy atom. The highest BCUT2D eigenvalue weighted by Gasteiger charge is 2.86. The summed E-state index contributed by atoms with van der Waals surface area (Å²) in [6.45, 7) is 8.63. The van der Waals surface area contributed by atoms with Gasteiger partial charge in [0.1, 0.15) is 9.75 Å². The Bertz CT molecular complexity index is 741. The zero-order valence-corrected chi connectivity index (χ0v) is 25.3. The second kappa shape index (κ2) is 13.0. The van der Waals surface area contributed by atoms with Gasteiger partial charge in [-0.15, -0.1) is 23.2 Å². The van der Waals surface area contributed by atoms with Crippen LogP contribution in [0, 0.1) is 23.7 Å². The van der Waals surface area contributed by atoms with Crippen molar-refractivity contribution in [2.24, 2.45) is 23.7 Å². The van der Waals surface area contributed by atoms with Gasteiger partial charge in [-0.1, -0.05) is 113 Å². The monoisotopic (exact) mass is 610 g/mol. The highest BCUT2D eigenvalue weighted by Crippen LogP contribution is 2.76. The minimum Gasteiger partial charge on any atom is -0.465 e. The molecule has 0 N–H and O–H groups in total. The summed E-state index contributed by atoms with van der Waals surface area (Å²) in [6.07, 6.45) is 7.63. The molecule has 35 heavy (non-hydrogen) atoms. The predicted octanol–water partition coefficient (Wildman–Crippen LogP) is 8.58. The van der Waals surface area contributed by atoms with Crippen LogP contribution in [0.2, 0.25) is 0 Å². The van der Waals surface area contributed by atoms with Gasteiger partial charge in [0.05, 0.1) is 35.1 Å². The molecule has 2 aliphatic carbocycles. The standard InChI is InChI=1S/C25H36Cl6O4/c1-5-9-11-15(7-3)13-34-21(32)17-18(22(33)35-14-16(8-4)12-10-6-2)24(29)20(27)19(26)23(17,28)25(24,30)31/h15-18H,5-14H2,1-4H3/t15-,16+,17+,18-,23-,24-/m0/s1. The van der Waals surface area contributed by atoms with Crippen molar-refractivity contribution in [2.45, 2.75) is 93.1 Å². The lowest BCUT2D eigenvalue weighted by Gasteiger charge is -2.34. The fraction of sp³-hybridized carbons (Fsp3) is 0.840. The van der Waals surface area contributed by atoms with E-state index in [1.807, 2.05) is 13.8 Å². The highest BCUT2D eigenvalue weighted by atomic mass is 35.5. The van der Waals surface area contributed by atoms with Crippen molar-refractivity contribution in [1.82, 2.24) is 0 Å². The van der Waals surface area contributed by atoms with Gasteiger partial charge in [-0.3, -0.25) is 9.59 Å². The molecule has 2 bridgehead atoms. The van der Waals surface area contributed by atoms with Crippen molar-refractivity contribution in [3.63, 3.8) is 0 Å². The predicted molar refractivity (Wildman–Crippen MR) is 146 cm³/mol. The van der Waals surface area contributed by atoms with Gasteiger partial charge in [-0.05, 0) is 24.7 Å². The number of esters is 2. The van der Waals surface area contributed by atoms with Crippen molar-refractivity contribution in [2.75, 3.05) is 13.2 Å². The third kappa shape index (κ3) is 5.59. The van der Waals surface area contributed by atoms with E-state index >= 15 is 0 Å². The Kier molecular flexibility index (Phi) is 11.7. The van der Waals surface area contributed by atoms with E-state index in [9.17, 15) is 9.59 Å². The maximum absolute atomic E-state index is 13.5. The van der Waals surface area contributed by atoms with Crippen LogP contribution in [0.25, 0.3) is 0 Å². The number of alkyl halides is 4. The van der Waals surface area contributed by atoms with Crippen LogP contribution in [0.3, 0.4) is 0 Å². The molecule has 4 nitrogen and oxygen atoms in total. The van der Waals surface area contributed by atoms with Crippen LogP contribution < -0.4 is 0 Å². The summed E-state index contributed by atoms with van der Waals surface area (Å²) in [6, 6.07) is 0. The fourth-order valence-electron chi connectivity index (χ4n) is 4.96. The molecule has 0 aromatic heterocycles. The molecule has 2 rings (SSSR count). The number of hydrogen-bond donors (Lipinski definition) is 0. The van der Waals surface area contributed by atoms with Crippen LogP contribution in [0.4, 0.5) is 0 Å². The molecule has 2 aliphatic rings. The van der Waals surface area contributed by atoms with E-state index in [4.69, 9.17) is 79.1 Å². The summed E-state index contributed by atoms with van der Waals surface area (Å²) in [7, 11) is 0. The van der Waals surface area contributed by atoms with Crippen molar-refractivity contribution >= 4 is 81.5 Å². The Balaban J connectivity index is 2.35. The van der Waals surface area contributed by atoms with Crippen LogP contribution in [0.1, 0.15) is 79.1 Å². The van der Waals surface area contributed by atoms with E-state index < -0.39 is 37.9 Å². The molecule has 0 radical (unpaired) electrons. The van der Waals surface area contributed by atoms with Crippen LogP contribution in [-0.2, 0) is 19.1 Å². The van der Waals surface area contributed by atoms with Crippen LogP contribution in [0.5, 0.6) is 0 Å². The summed E-state index contributed by atoms with van der Waals surface area (Å²) in [5, 5.41) is -0.307. The number of halogens is 6. The second-order valence-electron chi connectivity index (χ2n) is 9.67. The molecule has 0 spiro atoms. The third-order valence-electron chi connectivity index (χ3n) is 7.45. The SMILES string of the molecule is CCCC[C@@H](CC)COC(=O)[C@@H]1[C@H](C(=O)OC[C@@H](CC)CCCC)[C@]2(Cl)C(Cl)=C(Cl)[C@]1(Cl)C2(Cl)Cl. The first-order chi connectivity index (χ1) is 16.4. The molecule has 0 heterocycles. The zero-order chi connectivity index (χ0) is 26.6. The number of allylic oxidation sites excluding steroid dienone is 2. The van der Waals surface area contributed by atoms with Crippen molar-refractivity contribution in [1.29, 1.82) is 0 Å². The number of hydrogen-bond acceptors (Lipinski definition) is 4. The quantitative estimate of drug-likeness (QED) is 0.146. The van der Waals surface area contributed by atoms with Gasteiger partial charge >= 0.3 is 11.9 Å². The molecule has 0 aromatic rings. The highest BCUT2D eigenvalue weighted by molar-refractivity contribution is 6.66. The molecule has 1 saturated carbocycles. The van der Waals surface area contributed by atoms with Gasteiger partial charge in [0, 0.05) is 0 Å². The summed E-state index contributed by atoms with van der Waals surface area (Å²) < 4.78 is 9.28. The van der Waals surface area contributed by atoms with E-state index in [1.165, 1.54) is 0 Å². The first-order valence-corrected chi connectivity index (χ1v) is 14.8. The summed E-state index contributed by atoms with van der Waals surface area (Å²) in [5.74, 6) is -3.86. The molecular weight excluding hydrogens is 577 g/mol. The minimum atomic E-state index is -2.05. The van der Waals surface area contributed by atoms with E-state index in [2.05, 4.69) is 13.8 Å². The van der Waals surface area contributed by atoms with Gasteiger partial charge < -0.3 is 9.47 Å². The average molecular weight is 613 g/mol. The van der Waals surface area contributed by atoms with Crippen LogP contribution >= 0.6 is 69.6 Å².